The van der Waals surface area contributed by atoms with E-state index in [-0.39, 0.29) is 23.9 Å². The second-order valence-electron chi connectivity index (χ2n) is 4.84. The van der Waals surface area contributed by atoms with E-state index in [4.69, 9.17) is 5.73 Å². The molecule has 0 aliphatic carbocycles. The molecule has 18 heavy (non-hydrogen) atoms. The third kappa shape index (κ3) is 5.51. The quantitative estimate of drug-likeness (QED) is 0.825. The number of carbonyl (C=O) groups is 1. The summed E-state index contributed by atoms with van der Waals surface area (Å²) in [4.78, 5) is 11.8. The van der Waals surface area contributed by atoms with Crippen LogP contribution in [0.4, 0.5) is 0 Å². The van der Waals surface area contributed by atoms with Crippen molar-refractivity contribution in [2.45, 2.75) is 38.6 Å². The average molecular weight is 275 g/mol. The Bertz CT molecular complexity index is 376. The fourth-order valence-corrected chi connectivity index (χ4v) is 1.59. The number of halogens is 1. The van der Waals surface area contributed by atoms with Crippen LogP contribution < -0.4 is 11.1 Å². The lowest BCUT2D eigenvalue weighted by Gasteiger charge is -2.24. The number of nitrogens with two attached hydrogens (primary N) is 1. The molecule has 0 aromatic carbocycles. The van der Waals surface area contributed by atoms with E-state index >= 15 is 0 Å². The van der Waals surface area contributed by atoms with Crippen molar-refractivity contribution < 1.29 is 4.79 Å². The number of amides is 1. The number of aromatic nitrogens is 2. The zero-order chi connectivity index (χ0) is 12.9. The third-order valence-corrected chi connectivity index (χ3v) is 2.72. The minimum Gasteiger partial charge on any atom is -0.350 e. The molecule has 1 aromatic heterocycles. The Hall–Kier alpha value is -1.07. The molecular formula is C12H23ClN4O. The van der Waals surface area contributed by atoms with E-state index in [9.17, 15) is 4.79 Å². The van der Waals surface area contributed by atoms with Crippen molar-refractivity contribution in [3.63, 3.8) is 0 Å². The summed E-state index contributed by atoms with van der Waals surface area (Å²) in [5.41, 5.74) is 6.33. The van der Waals surface area contributed by atoms with Gasteiger partial charge >= 0.3 is 0 Å². The molecule has 0 unspecified atom stereocenters. The third-order valence-electron chi connectivity index (χ3n) is 2.72. The van der Waals surface area contributed by atoms with Gasteiger partial charge in [-0.2, -0.15) is 5.10 Å². The highest BCUT2D eigenvalue weighted by molar-refractivity contribution is 5.93. The lowest BCUT2D eigenvalue weighted by Crippen LogP contribution is -2.47. The lowest BCUT2D eigenvalue weighted by molar-refractivity contribution is 0.0943. The molecule has 0 fully saturated rings. The van der Waals surface area contributed by atoms with Crippen LogP contribution in [0.25, 0.3) is 0 Å². The van der Waals surface area contributed by atoms with Crippen molar-refractivity contribution >= 4 is 18.3 Å². The predicted octanol–water partition coefficient (Wildman–Crippen LogP) is 1.48. The van der Waals surface area contributed by atoms with Crippen molar-refractivity contribution in [2.24, 2.45) is 12.8 Å². The average Bonchev–Trinajstić information content (AvgIpc) is 2.70. The molecule has 0 spiro atoms. The number of unbranched alkanes of at least 4 members (excludes halogenated alkanes) is 1. The summed E-state index contributed by atoms with van der Waals surface area (Å²) < 4.78 is 1.60. The maximum absolute atomic E-state index is 11.8. The number of carbonyl (C=O) groups excluding carboxylic acids is 1. The summed E-state index contributed by atoms with van der Waals surface area (Å²) in [6.45, 7) is 4.58. The Kier molecular flexibility index (Phi) is 6.94. The van der Waals surface area contributed by atoms with Gasteiger partial charge in [-0.3, -0.25) is 9.48 Å². The first-order valence-electron chi connectivity index (χ1n) is 6.00. The molecule has 1 amide bonds. The van der Waals surface area contributed by atoms with Crippen LogP contribution >= 0.6 is 12.4 Å². The van der Waals surface area contributed by atoms with Gasteiger partial charge in [0.15, 0.2) is 0 Å². The Labute approximate surface area is 115 Å². The van der Waals surface area contributed by atoms with E-state index in [0.717, 1.165) is 19.3 Å². The molecule has 3 N–H and O–H groups in total. The van der Waals surface area contributed by atoms with Gasteiger partial charge in [0.05, 0.1) is 11.8 Å². The van der Waals surface area contributed by atoms with E-state index in [1.807, 2.05) is 6.92 Å². The molecule has 0 aliphatic rings. The second kappa shape index (κ2) is 7.38. The summed E-state index contributed by atoms with van der Waals surface area (Å²) in [6.07, 6.45) is 6.35. The standard InChI is InChI=1S/C12H22N4O.ClH/c1-4-5-6-12(2,13)9-14-11(17)10-7-15-16(3)8-10;/h7-8H,4-6,9,13H2,1-3H3,(H,14,17);1H/t12-;/m1./s1. The Balaban J connectivity index is 0.00000289. The van der Waals surface area contributed by atoms with Gasteiger partial charge in [0.2, 0.25) is 0 Å². The molecule has 0 saturated heterocycles. The second-order valence-corrected chi connectivity index (χ2v) is 4.84. The van der Waals surface area contributed by atoms with Crippen LogP contribution in [0.15, 0.2) is 12.4 Å². The van der Waals surface area contributed by atoms with Gasteiger partial charge in [-0.05, 0) is 13.3 Å². The smallest absolute Gasteiger partial charge is 0.254 e. The molecule has 1 heterocycles. The van der Waals surface area contributed by atoms with Gasteiger partial charge < -0.3 is 11.1 Å². The van der Waals surface area contributed by atoms with E-state index in [2.05, 4.69) is 17.3 Å². The number of nitrogens with one attached hydrogen (secondary N) is 1. The van der Waals surface area contributed by atoms with Crippen molar-refractivity contribution in [1.82, 2.24) is 15.1 Å². The fourth-order valence-electron chi connectivity index (χ4n) is 1.59. The highest BCUT2D eigenvalue weighted by Crippen LogP contribution is 2.09. The number of hydrogen-bond acceptors (Lipinski definition) is 3. The molecule has 1 atom stereocenters. The van der Waals surface area contributed by atoms with Crippen LogP contribution in [0.1, 0.15) is 43.5 Å². The van der Waals surface area contributed by atoms with E-state index < -0.39 is 0 Å². The molecule has 0 radical (unpaired) electrons. The first kappa shape index (κ1) is 16.9. The number of rotatable bonds is 6. The van der Waals surface area contributed by atoms with Crippen molar-refractivity contribution in [2.75, 3.05) is 6.54 Å². The molecule has 6 heteroatoms. The van der Waals surface area contributed by atoms with E-state index in [1.165, 1.54) is 0 Å². The van der Waals surface area contributed by atoms with E-state index in [1.54, 1.807) is 24.1 Å². The van der Waals surface area contributed by atoms with Gasteiger partial charge in [0.1, 0.15) is 0 Å². The Morgan fingerprint density at radius 3 is 2.78 bits per heavy atom. The summed E-state index contributed by atoms with van der Waals surface area (Å²) in [5.74, 6) is -0.119. The van der Waals surface area contributed by atoms with Gasteiger partial charge in [0, 0.05) is 25.3 Å². The van der Waals surface area contributed by atoms with Gasteiger partial charge in [-0.1, -0.05) is 19.8 Å². The SMILES string of the molecule is CCCC[C@@](C)(N)CNC(=O)c1cnn(C)c1.Cl. The maximum atomic E-state index is 11.8. The summed E-state index contributed by atoms with van der Waals surface area (Å²) in [6, 6.07) is 0. The normalized spacial score (nSPS) is 13.6. The van der Waals surface area contributed by atoms with Crippen molar-refractivity contribution in [1.29, 1.82) is 0 Å². The van der Waals surface area contributed by atoms with Gasteiger partial charge in [-0.15, -0.1) is 12.4 Å². The Morgan fingerprint density at radius 1 is 1.61 bits per heavy atom. The van der Waals surface area contributed by atoms with Crippen LogP contribution in [0.3, 0.4) is 0 Å². The highest BCUT2D eigenvalue weighted by Gasteiger charge is 2.19. The number of nitrogens with zero attached hydrogens (tertiary/aromatic N) is 2. The Morgan fingerprint density at radius 2 is 2.28 bits per heavy atom. The summed E-state index contributed by atoms with van der Waals surface area (Å²) in [5, 5.41) is 6.80. The zero-order valence-corrected chi connectivity index (χ0v) is 12.1. The van der Waals surface area contributed by atoms with Crippen LogP contribution in [0, 0.1) is 0 Å². The molecule has 1 aromatic rings. The van der Waals surface area contributed by atoms with Gasteiger partial charge in [0.25, 0.3) is 5.91 Å². The summed E-state index contributed by atoms with van der Waals surface area (Å²) in [7, 11) is 1.78. The highest BCUT2D eigenvalue weighted by atomic mass is 35.5. The molecule has 104 valence electrons. The first-order chi connectivity index (χ1) is 7.94. The zero-order valence-electron chi connectivity index (χ0n) is 11.3. The van der Waals surface area contributed by atoms with Crippen LogP contribution in [0.5, 0.6) is 0 Å². The van der Waals surface area contributed by atoms with E-state index in [0.29, 0.717) is 12.1 Å². The predicted molar refractivity (Wildman–Crippen MR) is 74.9 cm³/mol. The van der Waals surface area contributed by atoms with Crippen molar-refractivity contribution in [3.05, 3.63) is 18.0 Å². The largest absolute Gasteiger partial charge is 0.350 e. The molecule has 0 saturated carbocycles. The fraction of sp³-hybridized carbons (Fsp3) is 0.667. The maximum Gasteiger partial charge on any atom is 0.254 e. The van der Waals surface area contributed by atoms with Crippen LogP contribution in [-0.4, -0.2) is 27.8 Å². The van der Waals surface area contributed by atoms with Crippen LogP contribution in [-0.2, 0) is 7.05 Å². The number of aryl methyl sites for hydroxylation is 1. The molecular weight excluding hydrogens is 252 g/mol. The topological polar surface area (TPSA) is 72.9 Å². The molecule has 0 aliphatic heterocycles. The molecule has 5 nitrogen and oxygen atoms in total. The molecule has 0 bridgehead atoms. The van der Waals surface area contributed by atoms with Crippen LogP contribution in [0.2, 0.25) is 0 Å². The van der Waals surface area contributed by atoms with Crippen molar-refractivity contribution in [3.8, 4) is 0 Å². The lowest BCUT2D eigenvalue weighted by atomic mass is 9.96. The monoisotopic (exact) mass is 274 g/mol. The minimum absolute atomic E-state index is 0. The first-order valence-corrected chi connectivity index (χ1v) is 6.00. The minimum atomic E-state index is -0.339. The molecule has 1 rings (SSSR count). The number of hydrogen-bond donors (Lipinski definition) is 2. The van der Waals surface area contributed by atoms with Gasteiger partial charge in [-0.25, -0.2) is 0 Å². The summed E-state index contributed by atoms with van der Waals surface area (Å²) >= 11 is 0.